The molecule has 1 aliphatic heterocycles. The van der Waals surface area contributed by atoms with Crippen molar-refractivity contribution in [3.63, 3.8) is 0 Å². The quantitative estimate of drug-likeness (QED) is 0.424. The van der Waals surface area contributed by atoms with E-state index in [9.17, 15) is 9.59 Å². The second-order valence-corrected chi connectivity index (χ2v) is 9.84. The summed E-state index contributed by atoms with van der Waals surface area (Å²) in [6.45, 7) is 7.53. The van der Waals surface area contributed by atoms with Gasteiger partial charge in [0, 0.05) is 50.4 Å². The van der Waals surface area contributed by atoms with Crippen LogP contribution in [0.4, 0.5) is 0 Å². The first-order valence-corrected chi connectivity index (χ1v) is 12.4. The highest BCUT2D eigenvalue weighted by Crippen LogP contribution is 2.23. The van der Waals surface area contributed by atoms with Gasteiger partial charge in [0.25, 0.3) is 11.5 Å². The molecule has 10 heteroatoms. The smallest absolute Gasteiger partial charge is 0.258 e. The number of thiazole rings is 1. The number of amides is 1. The molecule has 0 unspecified atom stereocenters. The normalized spacial score (nSPS) is 14.7. The Labute approximate surface area is 206 Å². The molecule has 0 radical (unpaired) electrons. The van der Waals surface area contributed by atoms with E-state index < -0.39 is 0 Å². The van der Waals surface area contributed by atoms with E-state index in [2.05, 4.69) is 27.1 Å². The van der Waals surface area contributed by atoms with Crippen LogP contribution >= 0.6 is 22.9 Å². The van der Waals surface area contributed by atoms with Crippen LogP contribution in [0.2, 0.25) is 5.15 Å². The number of fused-ring (bicyclic) bond motifs is 1. The Hall–Kier alpha value is -3.01. The average molecular weight is 497 g/mol. The van der Waals surface area contributed by atoms with Crippen LogP contribution in [-0.2, 0) is 13.1 Å². The monoisotopic (exact) mass is 496 g/mol. The van der Waals surface area contributed by atoms with Gasteiger partial charge in [0.15, 0.2) is 4.96 Å². The van der Waals surface area contributed by atoms with Gasteiger partial charge in [-0.3, -0.25) is 18.9 Å². The molecule has 1 fully saturated rings. The maximum atomic E-state index is 13.3. The predicted molar refractivity (Wildman–Crippen MR) is 133 cm³/mol. The number of nitrogens with zero attached hydrogens (tertiary/aromatic N) is 6. The molecule has 0 atom stereocenters. The van der Waals surface area contributed by atoms with E-state index in [-0.39, 0.29) is 11.5 Å². The average Bonchev–Trinajstić information content (AvgIpc) is 3.40. The Morgan fingerprint density at radius 1 is 1.09 bits per heavy atom. The van der Waals surface area contributed by atoms with Gasteiger partial charge in [0.1, 0.15) is 5.15 Å². The summed E-state index contributed by atoms with van der Waals surface area (Å²) >= 11 is 8.06. The summed E-state index contributed by atoms with van der Waals surface area (Å²) in [7, 11) is 0. The summed E-state index contributed by atoms with van der Waals surface area (Å²) in [6.07, 6.45) is 1.74. The molecule has 176 valence electrons. The van der Waals surface area contributed by atoms with E-state index in [0.29, 0.717) is 60.6 Å². The molecule has 8 nitrogen and oxygen atoms in total. The van der Waals surface area contributed by atoms with Crippen molar-refractivity contribution in [2.45, 2.75) is 26.9 Å². The van der Waals surface area contributed by atoms with Gasteiger partial charge in [-0.15, -0.1) is 11.3 Å². The lowest BCUT2D eigenvalue weighted by atomic mass is 10.1. The number of carbonyl (C=O) groups excluding carboxylic acids is 1. The molecule has 4 heterocycles. The number of rotatable bonds is 5. The van der Waals surface area contributed by atoms with E-state index in [0.717, 1.165) is 11.3 Å². The topological polar surface area (TPSA) is 75.7 Å². The second-order valence-electron chi connectivity index (χ2n) is 8.60. The third-order valence-electron chi connectivity index (χ3n) is 6.13. The van der Waals surface area contributed by atoms with Crippen molar-refractivity contribution >= 4 is 33.8 Å². The molecule has 1 amide bonds. The molecule has 1 aromatic carbocycles. The highest BCUT2D eigenvalue weighted by Gasteiger charge is 2.28. The van der Waals surface area contributed by atoms with Crippen LogP contribution in [0, 0.1) is 13.8 Å². The van der Waals surface area contributed by atoms with Crippen LogP contribution in [0.25, 0.3) is 4.96 Å². The first-order chi connectivity index (χ1) is 16.4. The van der Waals surface area contributed by atoms with Crippen molar-refractivity contribution < 1.29 is 4.79 Å². The molecule has 5 rings (SSSR count). The van der Waals surface area contributed by atoms with Crippen LogP contribution in [0.15, 0.2) is 46.7 Å². The van der Waals surface area contributed by atoms with Crippen molar-refractivity contribution in [1.29, 1.82) is 0 Å². The zero-order valence-electron chi connectivity index (χ0n) is 19.1. The summed E-state index contributed by atoms with van der Waals surface area (Å²) in [5, 5.41) is 6.76. The van der Waals surface area contributed by atoms with E-state index in [1.54, 1.807) is 21.3 Å². The minimum atomic E-state index is -0.0892. The van der Waals surface area contributed by atoms with Crippen LogP contribution < -0.4 is 5.56 Å². The van der Waals surface area contributed by atoms with Crippen LogP contribution in [0.1, 0.15) is 32.9 Å². The maximum Gasteiger partial charge on any atom is 0.258 e. The van der Waals surface area contributed by atoms with Crippen molar-refractivity contribution in [3.8, 4) is 0 Å². The number of aromatic nitrogens is 4. The second kappa shape index (κ2) is 9.32. The Kier molecular flexibility index (Phi) is 6.24. The number of aryl methyl sites for hydroxylation is 2. The lowest BCUT2D eigenvalue weighted by Crippen LogP contribution is -2.48. The number of benzene rings is 1. The fraction of sp³-hybridized carbons (Fsp3) is 0.333. The molecule has 4 aromatic rings. The number of carbonyl (C=O) groups is 1. The molecule has 0 saturated carbocycles. The van der Waals surface area contributed by atoms with Gasteiger partial charge < -0.3 is 4.90 Å². The molecule has 0 bridgehead atoms. The highest BCUT2D eigenvalue weighted by atomic mass is 35.5. The first-order valence-electron chi connectivity index (χ1n) is 11.1. The number of hydrogen-bond donors (Lipinski definition) is 0. The van der Waals surface area contributed by atoms with Gasteiger partial charge in [0.05, 0.1) is 23.5 Å². The zero-order valence-corrected chi connectivity index (χ0v) is 20.6. The van der Waals surface area contributed by atoms with Gasteiger partial charge >= 0.3 is 0 Å². The summed E-state index contributed by atoms with van der Waals surface area (Å²) in [6, 6.07) is 9.78. The van der Waals surface area contributed by atoms with Gasteiger partial charge in [-0.25, -0.2) is 9.67 Å². The summed E-state index contributed by atoms with van der Waals surface area (Å²) < 4.78 is 3.24. The fourth-order valence-electron chi connectivity index (χ4n) is 4.23. The zero-order chi connectivity index (χ0) is 23.8. The molecule has 0 aliphatic carbocycles. The number of piperazine rings is 1. The minimum absolute atomic E-state index is 0.0668. The first kappa shape index (κ1) is 22.8. The predicted octanol–water partition coefficient (Wildman–Crippen LogP) is 3.23. The van der Waals surface area contributed by atoms with Crippen molar-refractivity contribution in [2.24, 2.45) is 0 Å². The van der Waals surface area contributed by atoms with Gasteiger partial charge in [-0.1, -0.05) is 41.4 Å². The summed E-state index contributed by atoms with van der Waals surface area (Å²) in [5.74, 6) is -0.0892. The maximum absolute atomic E-state index is 13.3. The van der Waals surface area contributed by atoms with E-state index in [1.807, 2.05) is 36.3 Å². The highest BCUT2D eigenvalue weighted by molar-refractivity contribution is 7.15. The molecule has 0 spiro atoms. The molecule has 34 heavy (non-hydrogen) atoms. The Balaban J connectivity index is 1.24. The van der Waals surface area contributed by atoms with Crippen molar-refractivity contribution in [3.05, 3.63) is 85.5 Å². The van der Waals surface area contributed by atoms with Gasteiger partial charge in [-0.05, 0) is 19.4 Å². The number of halogens is 1. The molecule has 3 aromatic heterocycles. The van der Waals surface area contributed by atoms with E-state index >= 15 is 0 Å². The van der Waals surface area contributed by atoms with Gasteiger partial charge in [-0.2, -0.15) is 5.10 Å². The van der Waals surface area contributed by atoms with E-state index in [4.69, 9.17) is 11.6 Å². The molecular weight excluding hydrogens is 472 g/mol. The van der Waals surface area contributed by atoms with Crippen LogP contribution in [0.3, 0.4) is 0 Å². The van der Waals surface area contributed by atoms with Crippen molar-refractivity contribution in [2.75, 3.05) is 26.2 Å². The lowest BCUT2D eigenvalue weighted by Gasteiger charge is -2.34. The third kappa shape index (κ3) is 4.51. The Morgan fingerprint density at radius 2 is 1.82 bits per heavy atom. The molecule has 1 saturated heterocycles. The van der Waals surface area contributed by atoms with Gasteiger partial charge in [0.2, 0.25) is 0 Å². The minimum Gasteiger partial charge on any atom is -0.336 e. The molecule has 1 aliphatic rings. The lowest BCUT2D eigenvalue weighted by molar-refractivity contribution is 0.0626. The third-order valence-corrected chi connectivity index (χ3v) is 7.27. The standard InChI is InChI=1S/C24H25ClN6O2S/c1-16-3-5-18(6-4-16)14-31-22(25)21(17(2)27-31)23(33)29-9-7-28(8-10-29)15-19-13-20(32)30-11-12-34-24(30)26-19/h3-6,11-13H,7-10,14-15H2,1-2H3. The molecular formula is C24H25ClN6O2S. The SMILES string of the molecule is Cc1ccc(Cn2nc(C)c(C(=O)N3CCN(Cc4cc(=O)n5ccsc5n4)CC3)c2Cl)cc1. The summed E-state index contributed by atoms with van der Waals surface area (Å²) in [5.41, 5.74) is 4.07. The summed E-state index contributed by atoms with van der Waals surface area (Å²) in [4.78, 5) is 34.9. The molecule has 0 N–H and O–H groups in total. The largest absolute Gasteiger partial charge is 0.336 e. The van der Waals surface area contributed by atoms with Crippen molar-refractivity contribution in [1.82, 2.24) is 29.0 Å². The fourth-order valence-corrected chi connectivity index (χ4v) is 5.29. The van der Waals surface area contributed by atoms with Crippen LogP contribution in [-0.4, -0.2) is 61.1 Å². The van der Waals surface area contributed by atoms with Crippen LogP contribution in [0.5, 0.6) is 0 Å². The number of hydrogen-bond acceptors (Lipinski definition) is 6. The Bertz CT molecular complexity index is 1400. The Morgan fingerprint density at radius 3 is 2.56 bits per heavy atom. The van der Waals surface area contributed by atoms with E-state index in [1.165, 1.54) is 16.9 Å².